The first-order valence-electron chi connectivity index (χ1n) is 3.99. The zero-order valence-corrected chi connectivity index (χ0v) is 7.93. The summed E-state index contributed by atoms with van der Waals surface area (Å²) in [5.41, 5.74) is 0. The number of hydrogen-bond acceptors (Lipinski definition) is 3. The van der Waals surface area contributed by atoms with Gasteiger partial charge in [0.15, 0.2) is 0 Å². The number of carbonyl (C=O) groups is 1. The number of thiophene rings is 1. The van der Waals surface area contributed by atoms with Gasteiger partial charge in [-0.2, -0.15) is 5.26 Å². The van der Waals surface area contributed by atoms with E-state index in [1.54, 1.807) is 11.3 Å². The standard InChI is InChI=1S/C9H10N2OS/c10-5-1-4-9(12)11-7-8-3-2-6-13-8/h2-3,6H,1,4,7H2,(H,11,12). The van der Waals surface area contributed by atoms with Gasteiger partial charge in [-0.15, -0.1) is 11.3 Å². The number of hydrogen-bond donors (Lipinski definition) is 1. The maximum absolute atomic E-state index is 11.0. The van der Waals surface area contributed by atoms with Crippen molar-refractivity contribution in [3.8, 4) is 6.07 Å². The molecular weight excluding hydrogens is 184 g/mol. The van der Waals surface area contributed by atoms with Crippen molar-refractivity contribution in [3.05, 3.63) is 22.4 Å². The molecule has 4 heteroatoms. The highest BCUT2D eigenvalue weighted by molar-refractivity contribution is 7.09. The Morgan fingerprint density at radius 3 is 3.15 bits per heavy atom. The molecule has 0 atom stereocenters. The van der Waals surface area contributed by atoms with Crippen LogP contribution in [0.15, 0.2) is 17.5 Å². The molecule has 0 fully saturated rings. The smallest absolute Gasteiger partial charge is 0.221 e. The van der Waals surface area contributed by atoms with Gasteiger partial charge in [-0.05, 0) is 11.4 Å². The van der Waals surface area contributed by atoms with Crippen molar-refractivity contribution in [3.63, 3.8) is 0 Å². The Balaban J connectivity index is 2.20. The molecule has 0 spiro atoms. The van der Waals surface area contributed by atoms with Gasteiger partial charge in [-0.3, -0.25) is 4.79 Å². The summed E-state index contributed by atoms with van der Waals surface area (Å²) in [4.78, 5) is 12.2. The highest BCUT2D eigenvalue weighted by Crippen LogP contribution is 2.07. The Hall–Kier alpha value is -1.34. The maximum Gasteiger partial charge on any atom is 0.221 e. The number of nitrogens with zero attached hydrogens (tertiary/aromatic N) is 1. The van der Waals surface area contributed by atoms with Crippen LogP contribution in [0.25, 0.3) is 0 Å². The fourth-order valence-electron chi connectivity index (χ4n) is 0.857. The number of rotatable bonds is 4. The van der Waals surface area contributed by atoms with E-state index < -0.39 is 0 Å². The third-order valence-corrected chi connectivity index (χ3v) is 2.38. The van der Waals surface area contributed by atoms with E-state index in [1.165, 1.54) is 0 Å². The van der Waals surface area contributed by atoms with E-state index in [1.807, 2.05) is 23.6 Å². The molecule has 0 bridgehead atoms. The Kier molecular flexibility index (Phi) is 4.00. The van der Waals surface area contributed by atoms with Gasteiger partial charge in [0.1, 0.15) is 0 Å². The van der Waals surface area contributed by atoms with E-state index in [9.17, 15) is 4.79 Å². The van der Waals surface area contributed by atoms with Crippen molar-refractivity contribution in [2.75, 3.05) is 0 Å². The molecule has 68 valence electrons. The van der Waals surface area contributed by atoms with Crippen molar-refractivity contribution in [1.82, 2.24) is 5.32 Å². The highest BCUT2D eigenvalue weighted by atomic mass is 32.1. The third-order valence-electron chi connectivity index (χ3n) is 1.50. The van der Waals surface area contributed by atoms with Crippen LogP contribution in [0.4, 0.5) is 0 Å². The van der Waals surface area contributed by atoms with Gasteiger partial charge < -0.3 is 5.32 Å². The first-order chi connectivity index (χ1) is 6.33. The normalized spacial score (nSPS) is 9.15. The van der Waals surface area contributed by atoms with Crippen LogP contribution in [-0.4, -0.2) is 5.91 Å². The number of nitrogens with one attached hydrogen (secondary N) is 1. The maximum atomic E-state index is 11.0. The molecule has 3 nitrogen and oxygen atoms in total. The lowest BCUT2D eigenvalue weighted by Crippen LogP contribution is -2.21. The largest absolute Gasteiger partial charge is 0.351 e. The monoisotopic (exact) mass is 194 g/mol. The second kappa shape index (κ2) is 5.33. The highest BCUT2D eigenvalue weighted by Gasteiger charge is 2.00. The summed E-state index contributed by atoms with van der Waals surface area (Å²) < 4.78 is 0. The molecule has 0 aliphatic heterocycles. The van der Waals surface area contributed by atoms with Crippen molar-refractivity contribution in [2.24, 2.45) is 0 Å². The Morgan fingerprint density at radius 2 is 2.54 bits per heavy atom. The molecule has 0 radical (unpaired) electrons. The van der Waals surface area contributed by atoms with E-state index >= 15 is 0 Å². The second-order valence-corrected chi connectivity index (χ2v) is 3.55. The summed E-state index contributed by atoms with van der Waals surface area (Å²) in [6.45, 7) is 0.571. The predicted octanol–water partition coefficient (Wildman–Crippen LogP) is 1.67. The van der Waals surface area contributed by atoms with Crippen LogP contribution in [0.1, 0.15) is 17.7 Å². The number of amides is 1. The van der Waals surface area contributed by atoms with Crippen LogP contribution in [0, 0.1) is 11.3 Å². The lowest BCUT2D eigenvalue weighted by molar-refractivity contribution is -0.121. The summed E-state index contributed by atoms with van der Waals surface area (Å²) in [6.07, 6.45) is 0.581. The van der Waals surface area contributed by atoms with Crippen molar-refractivity contribution in [1.29, 1.82) is 5.26 Å². The Bertz CT molecular complexity index is 300. The summed E-state index contributed by atoms with van der Waals surface area (Å²) in [5, 5.41) is 12.9. The van der Waals surface area contributed by atoms with E-state index in [2.05, 4.69) is 5.32 Å². The Labute approximate surface area is 81.0 Å². The van der Waals surface area contributed by atoms with Crippen LogP contribution in [0.2, 0.25) is 0 Å². The molecule has 1 rings (SSSR count). The molecule has 0 saturated heterocycles. The molecule has 1 aromatic heterocycles. The van der Waals surface area contributed by atoms with E-state index in [4.69, 9.17) is 5.26 Å². The number of nitriles is 1. The summed E-state index contributed by atoms with van der Waals surface area (Å²) in [5.74, 6) is -0.0602. The SMILES string of the molecule is N#CCCC(=O)NCc1cccs1. The van der Waals surface area contributed by atoms with E-state index in [0.29, 0.717) is 13.0 Å². The molecule has 0 aliphatic carbocycles. The minimum atomic E-state index is -0.0602. The van der Waals surface area contributed by atoms with Gasteiger partial charge in [0, 0.05) is 17.7 Å². The molecule has 0 saturated carbocycles. The quantitative estimate of drug-likeness (QED) is 0.792. The van der Waals surface area contributed by atoms with Crippen molar-refractivity contribution >= 4 is 17.2 Å². The van der Waals surface area contributed by atoms with Crippen LogP contribution in [0.3, 0.4) is 0 Å². The van der Waals surface area contributed by atoms with Crippen LogP contribution in [0.5, 0.6) is 0 Å². The molecule has 1 N–H and O–H groups in total. The van der Waals surface area contributed by atoms with Gasteiger partial charge in [-0.1, -0.05) is 6.07 Å². The fraction of sp³-hybridized carbons (Fsp3) is 0.333. The summed E-state index contributed by atoms with van der Waals surface area (Å²) in [6, 6.07) is 5.85. The van der Waals surface area contributed by atoms with Crippen LogP contribution < -0.4 is 5.32 Å². The topological polar surface area (TPSA) is 52.9 Å². The summed E-state index contributed by atoms with van der Waals surface area (Å²) in [7, 11) is 0. The average molecular weight is 194 g/mol. The zero-order chi connectivity index (χ0) is 9.52. The number of carbonyl (C=O) groups excluding carboxylic acids is 1. The molecule has 1 aromatic rings. The molecule has 0 unspecified atom stereocenters. The zero-order valence-electron chi connectivity index (χ0n) is 7.12. The van der Waals surface area contributed by atoms with E-state index in [0.717, 1.165) is 4.88 Å². The molecule has 0 aliphatic rings. The first-order valence-corrected chi connectivity index (χ1v) is 4.87. The first kappa shape index (κ1) is 9.75. The molecular formula is C9H10N2OS. The third kappa shape index (κ3) is 3.72. The molecule has 0 aromatic carbocycles. The van der Waals surface area contributed by atoms with Gasteiger partial charge in [0.05, 0.1) is 12.6 Å². The molecule has 1 heterocycles. The molecule has 13 heavy (non-hydrogen) atoms. The second-order valence-electron chi connectivity index (χ2n) is 2.51. The van der Waals surface area contributed by atoms with Crippen molar-refractivity contribution in [2.45, 2.75) is 19.4 Å². The van der Waals surface area contributed by atoms with Gasteiger partial charge in [0.2, 0.25) is 5.91 Å². The average Bonchev–Trinajstić information content (AvgIpc) is 2.64. The fourth-order valence-corrected chi connectivity index (χ4v) is 1.50. The van der Waals surface area contributed by atoms with Crippen LogP contribution >= 0.6 is 11.3 Å². The minimum Gasteiger partial charge on any atom is -0.351 e. The lowest BCUT2D eigenvalue weighted by Gasteiger charge is -2.00. The molecule has 1 amide bonds. The minimum absolute atomic E-state index is 0.0602. The van der Waals surface area contributed by atoms with Gasteiger partial charge in [0.25, 0.3) is 0 Å². The van der Waals surface area contributed by atoms with Crippen molar-refractivity contribution < 1.29 is 4.79 Å². The lowest BCUT2D eigenvalue weighted by atomic mass is 10.3. The summed E-state index contributed by atoms with van der Waals surface area (Å²) >= 11 is 1.61. The predicted molar refractivity (Wildman–Crippen MR) is 51.0 cm³/mol. The van der Waals surface area contributed by atoms with Crippen LogP contribution in [-0.2, 0) is 11.3 Å². The van der Waals surface area contributed by atoms with Gasteiger partial charge in [-0.25, -0.2) is 0 Å². The Morgan fingerprint density at radius 1 is 1.69 bits per heavy atom. The van der Waals surface area contributed by atoms with E-state index in [-0.39, 0.29) is 12.3 Å². The van der Waals surface area contributed by atoms with Gasteiger partial charge >= 0.3 is 0 Å².